The van der Waals surface area contributed by atoms with Gasteiger partial charge in [0.1, 0.15) is 0 Å². The molecule has 0 bridgehead atoms. The fourth-order valence-corrected chi connectivity index (χ4v) is 5.80. The minimum atomic E-state index is -0.568. The van der Waals surface area contributed by atoms with Gasteiger partial charge >= 0.3 is 5.97 Å². The quantitative estimate of drug-likeness (QED) is 0.746. The fourth-order valence-electron chi connectivity index (χ4n) is 5.80. The van der Waals surface area contributed by atoms with Gasteiger partial charge in [0.2, 0.25) is 0 Å². The number of hydrogen-bond donors (Lipinski definition) is 2. The van der Waals surface area contributed by atoms with E-state index in [1.54, 1.807) is 0 Å². The lowest BCUT2D eigenvalue weighted by Gasteiger charge is -2.50. The summed E-state index contributed by atoms with van der Waals surface area (Å²) < 4.78 is 5.04. The molecule has 2 aliphatic heterocycles. The van der Waals surface area contributed by atoms with Crippen LogP contribution in [0.4, 0.5) is 0 Å². The Kier molecular flexibility index (Phi) is 4.74. The van der Waals surface area contributed by atoms with E-state index >= 15 is 0 Å². The highest BCUT2D eigenvalue weighted by atomic mass is 16.5. The predicted octanol–water partition coefficient (Wildman–Crippen LogP) is 1.82. The molecule has 0 amide bonds. The largest absolute Gasteiger partial charge is 0.469 e. The van der Waals surface area contributed by atoms with Crippen LogP contribution >= 0.6 is 0 Å². The van der Waals surface area contributed by atoms with Gasteiger partial charge in [-0.2, -0.15) is 0 Å². The number of nitrogens with one attached hydrogen (secondary N) is 1. The van der Waals surface area contributed by atoms with Gasteiger partial charge in [-0.15, -0.1) is 0 Å². The fraction of sp³-hybridized carbons (Fsp3) is 0.571. The molecular formula is C21H28N2O4. The zero-order valence-corrected chi connectivity index (χ0v) is 15.6. The number of aromatic nitrogens is 1. The first-order chi connectivity index (χ1) is 12.7. The number of methoxy groups -OCH3 is 1. The summed E-state index contributed by atoms with van der Waals surface area (Å²) in [5.74, 6) is 0.0541. The number of nitrogens with zero attached hydrogens (tertiary/aromatic N) is 1. The van der Waals surface area contributed by atoms with E-state index in [1.165, 1.54) is 29.3 Å². The van der Waals surface area contributed by atoms with Crippen LogP contribution in [0.5, 0.6) is 0 Å². The maximum atomic E-state index is 12.4. The van der Waals surface area contributed by atoms with Crippen molar-refractivity contribution in [2.24, 2.45) is 17.8 Å². The summed E-state index contributed by atoms with van der Waals surface area (Å²) >= 11 is 0. The molecule has 0 unspecified atom stereocenters. The number of H-pyrrole nitrogens is 1. The highest BCUT2D eigenvalue weighted by Crippen LogP contribution is 2.49. The second-order valence-electron chi connectivity index (χ2n) is 8.18. The molecule has 3 heterocycles. The molecular weight excluding hydrogens is 344 g/mol. The predicted molar refractivity (Wildman–Crippen MR) is 102 cm³/mol. The normalized spacial score (nSPS) is 32.7. The minimum absolute atomic E-state index is 0. The average Bonchev–Trinajstić information content (AvgIpc) is 3.05. The van der Waals surface area contributed by atoms with E-state index in [-0.39, 0.29) is 23.3 Å². The van der Waals surface area contributed by atoms with Gasteiger partial charge in [-0.25, -0.2) is 0 Å². The van der Waals surface area contributed by atoms with Gasteiger partial charge in [0.05, 0.1) is 25.2 Å². The lowest BCUT2D eigenvalue weighted by Crippen LogP contribution is -2.53. The van der Waals surface area contributed by atoms with E-state index in [0.717, 1.165) is 32.4 Å². The van der Waals surface area contributed by atoms with Crippen molar-refractivity contribution in [1.82, 2.24) is 9.88 Å². The minimum Gasteiger partial charge on any atom is -0.469 e. The monoisotopic (exact) mass is 372 g/mol. The van der Waals surface area contributed by atoms with Gasteiger partial charge < -0.3 is 20.3 Å². The molecule has 2 aromatic rings. The molecule has 1 saturated carbocycles. The zero-order valence-electron chi connectivity index (χ0n) is 15.6. The van der Waals surface area contributed by atoms with Gasteiger partial charge in [-0.1, -0.05) is 18.2 Å². The summed E-state index contributed by atoms with van der Waals surface area (Å²) in [6, 6.07) is 8.83. The molecule has 146 valence electrons. The van der Waals surface area contributed by atoms with E-state index in [2.05, 4.69) is 34.1 Å². The van der Waals surface area contributed by atoms with Crippen LogP contribution in [0, 0.1) is 17.8 Å². The third-order valence-corrected chi connectivity index (χ3v) is 7.02. The van der Waals surface area contributed by atoms with Crippen molar-refractivity contribution >= 4 is 16.9 Å². The summed E-state index contributed by atoms with van der Waals surface area (Å²) in [4.78, 5) is 18.6. The van der Waals surface area contributed by atoms with E-state index in [1.807, 2.05) is 0 Å². The van der Waals surface area contributed by atoms with Crippen LogP contribution in [0.15, 0.2) is 24.3 Å². The standard InChI is InChI=1S/C21H26N2O3.H2O/c1-26-21(25)19-15-10-17-20-14(13-4-2-3-5-16(13)22-20)8-9-23(17)11-12(15)6-7-18(19)24;/h2-5,12,15,17-19,22,24H,6-11H2,1H3;1H2/t12-,15-,17-,18-,19+;/m0./s1. The van der Waals surface area contributed by atoms with Gasteiger partial charge in [0.25, 0.3) is 0 Å². The molecule has 0 radical (unpaired) electrons. The molecule has 4 N–H and O–H groups in total. The van der Waals surface area contributed by atoms with Crippen LogP contribution in [-0.2, 0) is 16.0 Å². The van der Waals surface area contributed by atoms with Crippen molar-refractivity contribution in [3.05, 3.63) is 35.5 Å². The zero-order chi connectivity index (χ0) is 17.8. The molecule has 27 heavy (non-hydrogen) atoms. The van der Waals surface area contributed by atoms with E-state index in [4.69, 9.17) is 4.74 Å². The van der Waals surface area contributed by atoms with Crippen molar-refractivity contribution in [2.45, 2.75) is 37.8 Å². The van der Waals surface area contributed by atoms with Gasteiger partial charge in [-0.3, -0.25) is 9.69 Å². The number of carbonyl (C=O) groups is 1. The second kappa shape index (κ2) is 6.93. The molecule has 2 fully saturated rings. The van der Waals surface area contributed by atoms with Crippen molar-refractivity contribution in [2.75, 3.05) is 20.2 Å². The average molecular weight is 372 g/mol. The number of benzene rings is 1. The van der Waals surface area contributed by atoms with Crippen LogP contribution in [0.2, 0.25) is 0 Å². The lowest BCUT2D eigenvalue weighted by molar-refractivity contribution is -0.160. The van der Waals surface area contributed by atoms with Crippen LogP contribution in [0.25, 0.3) is 10.9 Å². The molecule has 1 aromatic carbocycles. The summed E-state index contributed by atoms with van der Waals surface area (Å²) in [6.45, 7) is 2.10. The molecule has 5 atom stereocenters. The number of ether oxygens (including phenoxy) is 1. The van der Waals surface area contributed by atoms with E-state index in [0.29, 0.717) is 18.4 Å². The van der Waals surface area contributed by atoms with Crippen molar-refractivity contribution < 1.29 is 20.1 Å². The molecule has 6 heteroatoms. The molecule has 3 aliphatic rings. The first-order valence-corrected chi connectivity index (χ1v) is 9.76. The number of fused-ring (bicyclic) bond motifs is 6. The number of carbonyl (C=O) groups excluding carboxylic acids is 1. The molecule has 1 aromatic heterocycles. The first kappa shape index (κ1) is 18.5. The van der Waals surface area contributed by atoms with Gasteiger partial charge in [0, 0.05) is 29.7 Å². The summed E-state index contributed by atoms with van der Waals surface area (Å²) in [7, 11) is 1.43. The van der Waals surface area contributed by atoms with E-state index < -0.39 is 6.10 Å². The summed E-state index contributed by atoms with van der Waals surface area (Å²) in [5, 5.41) is 11.8. The van der Waals surface area contributed by atoms with E-state index in [9.17, 15) is 9.90 Å². The van der Waals surface area contributed by atoms with Crippen LogP contribution in [-0.4, -0.2) is 52.7 Å². The number of piperidine rings is 1. The number of aliphatic hydroxyl groups is 1. The lowest BCUT2D eigenvalue weighted by atomic mass is 9.65. The van der Waals surface area contributed by atoms with Crippen LogP contribution < -0.4 is 0 Å². The SMILES string of the molecule is COC(=O)[C@@H]1[C@H]2C[C@H]3c4[nH]c5ccccc5c4CCN3C[C@@H]2CC[C@@H]1O.O. The van der Waals surface area contributed by atoms with Crippen molar-refractivity contribution in [3.63, 3.8) is 0 Å². The Balaban J connectivity index is 0.00000180. The third-order valence-electron chi connectivity index (χ3n) is 7.02. The maximum absolute atomic E-state index is 12.4. The third kappa shape index (κ3) is 2.78. The number of aromatic amines is 1. The number of esters is 1. The molecule has 1 aliphatic carbocycles. The topological polar surface area (TPSA) is 97.1 Å². The number of hydrogen-bond acceptors (Lipinski definition) is 4. The summed E-state index contributed by atoms with van der Waals surface area (Å²) in [6.07, 6.45) is 3.14. The van der Waals surface area contributed by atoms with Crippen LogP contribution in [0.3, 0.4) is 0 Å². The van der Waals surface area contributed by atoms with Crippen molar-refractivity contribution in [1.29, 1.82) is 0 Å². The molecule has 1 saturated heterocycles. The highest BCUT2D eigenvalue weighted by Gasteiger charge is 2.49. The molecule has 0 spiro atoms. The number of aliphatic hydroxyl groups excluding tert-OH is 1. The smallest absolute Gasteiger partial charge is 0.311 e. The Morgan fingerprint density at radius 1 is 1.30 bits per heavy atom. The van der Waals surface area contributed by atoms with Gasteiger partial charge in [-0.05, 0) is 49.1 Å². The summed E-state index contributed by atoms with van der Waals surface area (Å²) in [5.41, 5.74) is 3.96. The van der Waals surface area contributed by atoms with Crippen molar-refractivity contribution in [3.8, 4) is 0 Å². The second-order valence-corrected chi connectivity index (χ2v) is 8.18. The Morgan fingerprint density at radius 2 is 2.11 bits per heavy atom. The number of rotatable bonds is 1. The molecule has 5 rings (SSSR count). The first-order valence-electron chi connectivity index (χ1n) is 9.76. The Bertz CT molecular complexity index is 848. The molecule has 6 nitrogen and oxygen atoms in total. The Morgan fingerprint density at radius 3 is 2.93 bits per heavy atom. The highest BCUT2D eigenvalue weighted by molar-refractivity contribution is 5.85. The van der Waals surface area contributed by atoms with Gasteiger partial charge in [0.15, 0.2) is 0 Å². The number of para-hydroxylation sites is 1. The Hall–Kier alpha value is -1.89. The maximum Gasteiger partial charge on any atom is 0.311 e. The van der Waals surface area contributed by atoms with Crippen LogP contribution in [0.1, 0.15) is 36.6 Å². The Labute approximate surface area is 158 Å².